The van der Waals surface area contributed by atoms with Crippen LogP contribution in [-0.2, 0) is 10.0 Å². The minimum Gasteiger partial charge on any atom is -0.215 e. The predicted octanol–water partition coefficient (Wildman–Crippen LogP) is 2.50. The third-order valence-corrected chi connectivity index (χ3v) is 5.64. The summed E-state index contributed by atoms with van der Waals surface area (Å²) in [5.41, 5.74) is 0. The highest BCUT2D eigenvalue weighted by Gasteiger charge is 2.30. The minimum absolute atomic E-state index is 0.220. The highest BCUT2D eigenvalue weighted by molar-refractivity contribution is 7.90. The molecule has 3 nitrogen and oxygen atoms in total. The molecule has 0 amide bonds. The van der Waals surface area contributed by atoms with E-state index in [4.69, 9.17) is 11.6 Å². The molecule has 1 rings (SSSR count). The van der Waals surface area contributed by atoms with Crippen molar-refractivity contribution in [2.24, 2.45) is 5.92 Å². The van der Waals surface area contributed by atoms with E-state index in [1.54, 1.807) is 20.8 Å². The van der Waals surface area contributed by atoms with Gasteiger partial charge in [-0.15, -0.1) is 11.6 Å². The van der Waals surface area contributed by atoms with Crippen molar-refractivity contribution in [2.75, 3.05) is 6.54 Å². The maximum Gasteiger partial charge on any atom is 0.216 e. The molecule has 0 bridgehead atoms. The Morgan fingerprint density at radius 1 is 1.31 bits per heavy atom. The third kappa shape index (κ3) is 3.90. The molecule has 1 aliphatic rings. The van der Waals surface area contributed by atoms with Crippen molar-refractivity contribution in [3.05, 3.63) is 0 Å². The summed E-state index contributed by atoms with van der Waals surface area (Å²) in [5.74, 6) is 0.397. The van der Waals surface area contributed by atoms with Gasteiger partial charge in [0.15, 0.2) is 0 Å². The van der Waals surface area contributed by atoms with Gasteiger partial charge >= 0.3 is 0 Å². The molecule has 0 aromatic carbocycles. The van der Waals surface area contributed by atoms with E-state index in [0.717, 1.165) is 25.7 Å². The van der Waals surface area contributed by atoms with Crippen LogP contribution in [0.25, 0.3) is 0 Å². The van der Waals surface area contributed by atoms with Crippen molar-refractivity contribution in [3.8, 4) is 0 Å². The Labute approximate surface area is 104 Å². The van der Waals surface area contributed by atoms with Crippen LogP contribution in [0, 0.1) is 5.92 Å². The molecule has 1 saturated carbocycles. The zero-order valence-corrected chi connectivity index (χ0v) is 11.9. The summed E-state index contributed by atoms with van der Waals surface area (Å²) in [5, 5.41) is 0.220. The summed E-state index contributed by atoms with van der Waals surface area (Å²) >= 11 is 6.07. The van der Waals surface area contributed by atoms with Crippen LogP contribution in [0.15, 0.2) is 0 Å². The number of hydrogen-bond acceptors (Lipinski definition) is 2. The Morgan fingerprint density at radius 2 is 1.94 bits per heavy atom. The molecule has 0 aromatic rings. The molecule has 1 aliphatic carbocycles. The van der Waals surface area contributed by atoms with Gasteiger partial charge in [-0.3, -0.25) is 0 Å². The lowest BCUT2D eigenvalue weighted by molar-refractivity contribution is 0.360. The van der Waals surface area contributed by atoms with Crippen molar-refractivity contribution in [1.82, 2.24) is 4.72 Å². The van der Waals surface area contributed by atoms with Crippen LogP contribution < -0.4 is 4.72 Å². The number of nitrogens with one attached hydrogen (secondary N) is 1. The minimum atomic E-state index is -3.21. The third-order valence-electron chi connectivity index (χ3n) is 3.09. The lowest BCUT2D eigenvalue weighted by atomic mass is 9.89. The second-order valence-electron chi connectivity index (χ2n) is 5.59. The molecule has 0 spiro atoms. The van der Waals surface area contributed by atoms with Gasteiger partial charge in [0, 0.05) is 11.9 Å². The second-order valence-corrected chi connectivity index (χ2v) is 8.73. The largest absolute Gasteiger partial charge is 0.216 e. The molecule has 2 atom stereocenters. The zero-order valence-electron chi connectivity index (χ0n) is 10.3. The Morgan fingerprint density at radius 3 is 2.44 bits per heavy atom. The standard InChI is InChI=1S/C11H22ClNO2S/c1-11(2,3)16(14,15)13-8-9-5-4-6-10(12)7-9/h9-10,13H,4-8H2,1-3H3. The average molecular weight is 268 g/mol. The van der Waals surface area contributed by atoms with Gasteiger partial charge in [0.25, 0.3) is 0 Å². The van der Waals surface area contributed by atoms with Gasteiger partial charge < -0.3 is 0 Å². The van der Waals surface area contributed by atoms with Gasteiger partial charge in [-0.25, -0.2) is 13.1 Å². The quantitative estimate of drug-likeness (QED) is 0.799. The fourth-order valence-corrected chi connectivity index (χ4v) is 3.15. The molecule has 0 aliphatic heterocycles. The predicted molar refractivity (Wildman–Crippen MR) is 68.3 cm³/mol. The molecule has 0 aromatic heterocycles. The Bertz CT molecular complexity index is 321. The molecule has 1 N–H and O–H groups in total. The van der Waals surface area contributed by atoms with E-state index in [1.807, 2.05) is 0 Å². The molecule has 1 fully saturated rings. The monoisotopic (exact) mass is 267 g/mol. The fraction of sp³-hybridized carbons (Fsp3) is 1.00. The van der Waals surface area contributed by atoms with Gasteiger partial charge in [0.1, 0.15) is 0 Å². The Hall–Kier alpha value is 0.200. The summed E-state index contributed by atoms with van der Waals surface area (Å²) in [7, 11) is -3.21. The maximum absolute atomic E-state index is 11.8. The van der Waals surface area contributed by atoms with Crippen LogP contribution in [0.5, 0.6) is 0 Å². The van der Waals surface area contributed by atoms with Crippen LogP contribution in [0.2, 0.25) is 0 Å². The highest BCUT2D eigenvalue weighted by atomic mass is 35.5. The van der Waals surface area contributed by atoms with Crippen molar-refractivity contribution in [2.45, 2.75) is 56.6 Å². The number of hydrogen-bond donors (Lipinski definition) is 1. The van der Waals surface area contributed by atoms with E-state index >= 15 is 0 Å². The fourth-order valence-electron chi connectivity index (χ4n) is 1.85. The normalized spacial score (nSPS) is 28.0. The lowest BCUT2D eigenvalue weighted by Gasteiger charge is -2.27. The van der Waals surface area contributed by atoms with E-state index in [2.05, 4.69) is 4.72 Å². The SMILES string of the molecule is CC(C)(C)S(=O)(=O)NCC1CCCC(Cl)C1. The van der Waals surface area contributed by atoms with Crippen LogP contribution in [-0.4, -0.2) is 25.1 Å². The first-order valence-corrected chi connectivity index (χ1v) is 7.77. The van der Waals surface area contributed by atoms with Crippen molar-refractivity contribution in [1.29, 1.82) is 0 Å². The first-order chi connectivity index (χ1) is 7.22. The summed E-state index contributed by atoms with van der Waals surface area (Å²) in [6, 6.07) is 0. The van der Waals surface area contributed by atoms with Crippen molar-refractivity contribution >= 4 is 21.6 Å². The van der Waals surface area contributed by atoms with Gasteiger partial charge in [-0.05, 0) is 46.0 Å². The molecular weight excluding hydrogens is 246 g/mol. The summed E-state index contributed by atoms with van der Waals surface area (Å²) < 4.78 is 25.6. The van der Waals surface area contributed by atoms with Crippen LogP contribution in [0.4, 0.5) is 0 Å². The second kappa shape index (κ2) is 5.23. The van der Waals surface area contributed by atoms with Crippen molar-refractivity contribution in [3.63, 3.8) is 0 Å². The first-order valence-electron chi connectivity index (χ1n) is 5.85. The number of sulfonamides is 1. The molecule has 0 saturated heterocycles. The first kappa shape index (κ1) is 14.3. The maximum atomic E-state index is 11.8. The average Bonchev–Trinajstić information content (AvgIpc) is 2.13. The summed E-state index contributed by atoms with van der Waals surface area (Å²) in [6.45, 7) is 5.66. The van der Waals surface area contributed by atoms with Crippen LogP contribution in [0.1, 0.15) is 46.5 Å². The molecule has 96 valence electrons. The molecule has 0 heterocycles. The Kier molecular flexibility index (Phi) is 4.66. The van der Waals surface area contributed by atoms with E-state index in [1.165, 1.54) is 0 Å². The lowest BCUT2D eigenvalue weighted by Crippen LogP contribution is -2.42. The van der Waals surface area contributed by atoms with Gasteiger partial charge in [-0.1, -0.05) is 6.42 Å². The van der Waals surface area contributed by atoms with Crippen LogP contribution >= 0.6 is 11.6 Å². The van der Waals surface area contributed by atoms with E-state index < -0.39 is 14.8 Å². The zero-order chi connectivity index (χ0) is 12.4. The number of halogens is 1. The molecular formula is C11H22ClNO2S. The van der Waals surface area contributed by atoms with Gasteiger partial charge in [0.2, 0.25) is 10.0 Å². The highest BCUT2D eigenvalue weighted by Crippen LogP contribution is 2.27. The smallest absolute Gasteiger partial charge is 0.215 e. The molecule has 5 heteroatoms. The Balaban J connectivity index is 2.46. The number of alkyl halides is 1. The summed E-state index contributed by atoms with van der Waals surface area (Å²) in [4.78, 5) is 0. The molecule has 16 heavy (non-hydrogen) atoms. The van der Waals surface area contributed by atoms with Crippen molar-refractivity contribution < 1.29 is 8.42 Å². The topological polar surface area (TPSA) is 46.2 Å². The van der Waals surface area contributed by atoms with E-state index in [9.17, 15) is 8.42 Å². The van der Waals surface area contributed by atoms with E-state index in [-0.39, 0.29) is 5.38 Å². The van der Waals surface area contributed by atoms with Gasteiger partial charge in [0.05, 0.1) is 4.75 Å². The van der Waals surface area contributed by atoms with Crippen LogP contribution in [0.3, 0.4) is 0 Å². The van der Waals surface area contributed by atoms with Gasteiger partial charge in [-0.2, -0.15) is 0 Å². The molecule has 2 unspecified atom stereocenters. The molecule has 0 radical (unpaired) electrons. The number of rotatable bonds is 3. The summed E-state index contributed by atoms with van der Waals surface area (Å²) in [6.07, 6.45) is 4.17. The van der Waals surface area contributed by atoms with E-state index in [0.29, 0.717) is 12.5 Å².